The Morgan fingerprint density at radius 2 is 1.57 bits per heavy atom. The first kappa shape index (κ1) is 19.5. The summed E-state index contributed by atoms with van der Waals surface area (Å²) in [5, 5.41) is 2.76. The lowest BCUT2D eigenvalue weighted by atomic mass is 10.1. The minimum absolute atomic E-state index is 0.183. The van der Waals surface area contributed by atoms with Crippen LogP contribution in [0.4, 0.5) is 4.39 Å². The number of amides is 3. The third-order valence-corrected chi connectivity index (χ3v) is 5.00. The fourth-order valence-corrected chi connectivity index (χ4v) is 3.46. The largest absolute Gasteiger partial charge is 0.352 e. The summed E-state index contributed by atoms with van der Waals surface area (Å²) in [5.74, 6) is -1.44. The number of rotatable bonds is 6. The van der Waals surface area contributed by atoms with E-state index in [0.29, 0.717) is 24.1 Å². The monoisotopic (exact) mass is 402 g/mol. The van der Waals surface area contributed by atoms with Gasteiger partial charge in [-0.2, -0.15) is 0 Å². The van der Waals surface area contributed by atoms with E-state index in [1.165, 1.54) is 35.2 Å². The number of carbonyl (C=O) groups excluding carboxylic acids is 3. The smallest absolute Gasteiger partial charge is 0.261 e. The van der Waals surface area contributed by atoms with E-state index in [4.69, 9.17) is 0 Å². The second kappa shape index (κ2) is 8.29. The third-order valence-electron chi connectivity index (χ3n) is 5.00. The first-order valence-corrected chi connectivity index (χ1v) is 9.60. The van der Waals surface area contributed by atoms with Gasteiger partial charge in [0.15, 0.2) is 0 Å². The van der Waals surface area contributed by atoms with Gasteiger partial charge in [-0.05, 0) is 47.9 Å². The minimum atomic E-state index is -0.409. The number of nitrogens with zero attached hydrogens (tertiary/aromatic N) is 1. The van der Waals surface area contributed by atoms with Crippen molar-refractivity contribution >= 4 is 17.7 Å². The normalized spacial score (nSPS) is 12.8. The summed E-state index contributed by atoms with van der Waals surface area (Å²) in [5.41, 5.74) is 2.46. The molecule has 0 spiro atoms. The Labute approximate surface area is 173 Å². The van der Waals surface area contributed by atoms with Crippen molar-refractivity contribution in [2.75, 3.05) is 6.54 Å². The summed E-state index contributed by atoms with van der Waals surface area (Å²) in [7, 11) is 0. The van der Waals surface area contributed by atoms with E-state index in [1.807, 2.05) is 30.3 Å². The molecular formula is C24H19FN2O3. The van der Waals surface area contributed by atoms with E-state index in [1.54, 1.807) is 12.1 Å². The number of imide groups is 1. The molecule has 3 aromatic rings. The maximum Gasteiger partial charge on any atom is 0.261 e. The summed E-state index contributed by atoms with van der Waals surface area (Å²) in [6.07, 6.45) is 0.483. The van der Waals surface area contributed by atoms with Crippen LogP contribution in [0.1, 0.15) is 42.2 Å². The molecule has 0 aliphatic carbocycles. The van der Waals surface area contributed by atoms with Crippen LogP contribution < -0.4 is 5.32 Å². The lowest BCUT2D eigenvalue weighted by Crippen LogP contribution is -2.29. The SMILES string of the molecule is O=C(NCCc1cccc(F)c1)c1ccc2c(c1)C(=O)N(Cc1ccccc1)C2=O. The molecule has 1 N–H and O–H groups in total. The van der Waals surface area contributed by atoms with Crippen molar-refractivity contribution in [3.05, 3.63) is 106 Å². The maximum absolute atomic E-state index is 13.2. The molecular weight excluding hydrogens is 383 g/mol. The van der Waals surface area contributed by atoms with Crippen LogP contribution in [0.5, 0.6) is 0 Å². The number of fused-ring (bicyclic) bond motifs is 1. The molecule has 3 aromatic carbocycles. The number of halogens is 1. The molecule has 150 valence electrons. The number of hydrogen-bond donors (Lipinski definition) is 1. The van der Waals surface area contributed by atoms with Crippen LogP contribution in [-0.2, 0) is 13.0 Å². The second-order valence-corrected chi connectivity index (χ2v) is 7.08. The topological polar surface area (TPSA) is 66.5 Å². The Balaban J connectivity index is 1.43. The zero-order chi connectivity index (χ0) is 21.1. The lowest BCUT2D eigenvalue weighted by Gasteiger charge is -2.13. The van der Waals surface area contributed by atoms with Crippen molar-refractivity contribution in [3.8, 4) is 0 Å². The Morgan fingerprint density at radius 1 is 0.833 bits per heavy atom. The zero-order valence-corrected chi connectivity index (χ0v) is 16.1. The first-order chi connectivity index (χ1) is 14.5. The van der Waals surface area contributed by atoms with E-state index in [0.717, 1.165) is 11.1 Å². The number of carbonyl (C=O) groups is 3. The molecule has 0 saturated heterocycles. The number of hydrogen-bond acceptors (Lipinski definition) is 3. The molecule has 0 aromatic heterocycles. The molecule has 6 heteroatoms. The average molecular weight is 402 g/mol. The zero-order valence-electron chi connectivity index (χ0n) is 16.1. The van der Waals surface area contributed by atoms with Gasteiger partial charge < -0.3 is 5.32 Å². The van der Waals surface area contributed by atoms with Gasteiger partial charge in [-0.25, -0.2) is 4.39 Å². The lowest BCUT2D eigenvalue weighted by molar-refractivity contribution is 0.0642. The van der Waals surface area contributed by atoms with E-state index in [9.17, 15) is 18.8 Å². The molecule has 0 radical (unpaired) electrons. The molecule has 30 heavy (non-hydrogen) atoms. The fraction of sp³-hybridized carbons (Fsp3) is 0.125. The maximum atomic E-state index is 13.2. The third kappa shape index (κ3) is 3.98. The highest BCUT2D eigenvalue weighted by atomic mass is 19.1. The first-order valence-electron chi connectivity index (χ1n) is 9.60. The summed E-state index contributed by atoms with van der Waals surface area (Å²) < 4.78 is 13.2. The predicted molar refractivity (Wildman–Crippen MR) is 110 cm³/mol. The average Bonchev–Trinajstić information content (AvgIpc) is 2.99. The van der Waals surface area contributed by atoms with Crippen LogP contribution in [0.3, 0.4) is 0 Å². The van der Waals surface area contributed by atoms with Crippen LogP contribution in [0.15, 0.2) is 72.8 Å². The van der Waals surface area contributed by atoms with E-state index < -0.39 is 5.91 Å². The van der Waals surface area contributed by atoms with Crippen LogP contribution >= 0.6 is 0 Å². The van der Waals surface area contributed by atoms with Crippen LogP contribution in [0.2, 0.25) is 0 Å². The number of nitrogens with one attached hydrogen (secondary N) is 1. The van der Waals surface area contributed by atoms with Crippen molar-refractivity contribution < 1.29 is 18.8 Å². The Morgan fingerprint density at radius 3 is 2.33 bits per heavy atom. The molecule has 0 fully saturated rings. The van der Waals surface area contributed by atoms with Crippen LogP contribution in [0, 0.1) is 5.82 Å². The van der Waals surface area contributed by atoms with Gasteiger partial charge in [0.25, 0.3) is 17.7 Å². The van der Waals surface area contributed by atoms with Gasteiger partial charge in [0.05, 0.1) is 17.7 Å². The van der Waals surface area contributed by atoms with E-state index in [2.05, 4.69) is 5.32 Å². The Kier molecular flexibility index (Phi) is 5.39. The van der Waals surface area contributed by atoms with Crippen molar-refractivity contribution in [3.63, 3.8) is 0 Å². The molecule has 1 aliphatic rings. The number of benzene rings is 3. The molecule has 0 saturated carbocycles. The quantitative estimate of drug-likeness (QED) is 0.641. The molecule has 1 heterocycles. The minimum Gasteiger partial charge on any atom is -0.352 e. The highest BCUT2D eigenvalue weighted by molar-refractivity contribution is 6.22. The molecule has 4 rings (SSSR count). The summed E-state index contributed by atoms with van der Waals surface area (Å²) in [6.45, 7) is 0.509. The highest BCUT2D eigenvalue weighted by Crippen LogP contribution is 2.25. The van der Waals surface area contributed by atoms with Gasteiger partial charge >= 0.3 is 0 Å². The van der Waals surface area contributed by atoms with Gasteiger partial charge in [0, 0.05) is 12.1 Å². The second-order valence-electron chi connectivity index (χ2n) is 7.08. The van der Waals surface area contributed by atoms with Crippen molar-refractivity contribution in [1.29, 1.82) is 0 Å². The summed E-state index contributed by atoms with van der Waals surface area (Å²) in [4.78, 5) is 39.0. The molecule has 0 atom stereocenters. The standard InChI is InChI=1S/C24H19FN2O3/c25-19-8-4-7-16(13-19)11-12-26-22(28)18-9-10-20-21(14-18)24(30)27(23(20)29)15-17-5-2-1-3-6-17/h1-10,13-14H,11-12,15H2,(H,26,28). The van der Waals surface area contributed by atoms with Gasteiger partial charge in [0.2, 0.25) is 0 Å². The van der Waals surface area contributed by atoms with Gasteiger partial charge in [-0.1, -0.05) is 42.5 Å². The van der Waals surface area contributed by atoms with Gasteiger partial charge in [-0.3, -0.25) is 19.3 Å². The molecule has 1 aliphatic heterocycles. The van der Waals surface area contributed by atoms with Crippen LogP contribution in [-0.4, -0.2) is 29.2 Å². The van der Waals surface area contributed by atoms with E-state index >= 15 is 0 Å². The summed E-state index contributed by atoms with van der Waals surface area (Å²) >= 11 is 0. The highest BCUT2D eigenvalue weighted by Gasteiger charge is 2.35. The van der Waals surface area contributed by atoms with Crippen molar-refractivity contribution in [1.82, 2.24) is 10.2 Å². The molecule has 0 bridgehead atoms. The summed E-state index contributed by atoms with van der Waals surface area (Å²) in [6, 6.07) is 20.0. The fourth-order valence-electron chi connectivity index (χ4n) is 3.46. The Bertz CT molecular complexity index is 1130. The molecule has 0 unspecified atom stereocenters. The van der Waals surface area contributed by atoms with Crippen molar-refractivity contribution in [2.45, 2.75) is 13.0 Å². The van der Waals surface area contributed by atoms with Gasteiger partial charge in [0.1, 0.15) is 5.82 Å². The van der Waals surface area contributed by atoms with Crippen LogP contribution in [0.25, 0.3) is 0 Å². The van der Waals surface area contributed by atoms with E-state index in [-0.39, 0.29) is 29.7 Å². The van der Waals surface area contributed by atoms with Gasteiger partial charge in [-0.15, -0.1) is 0 Å². The Hall–Kier alpha value is -3.80. The molecule has 5 nitrogen and oxygen atoms in total. The predicted octanol–water partition coefficient (Wildman–Crippen LogP) is 3.59. The van der Waals surface area contributed by atoms with Crippen molar-refractivity contribution in [2.24, 2.45) is 0 Å². The molecule has 3 amide bonds.